The zero-order chi connectivity index (χ0) is 37.2. The van der Waals surface area contributed by atoms with Crippen molar-refractivity contribution in [2.24, 2.45) is 0 Å². The summed E-state index contributed by atoms with van der Waals surface area (Å²) in [6.07, 6.45) is -5.22. The number of benzene rings is 1. The van der Waals surface area contributed by atoms with Gasteiger partial charge in [0.2, 0.25) is 5.91 Å². The summed E-state index contributed by atoms with van der Waals surface area (Å²) >= 11 is 0. The molecule has 50 heavy (non-hydrogen) atoms. The van der Waals surface area contributed by atoms with Crippen LogP contribution in [0.15, 0.2) is 24.3 Å². The van der Waals surface area contributed by atoms with Crippen molar-refractivity contribution in [1.82, 2.24) is 10.2 Å². The van der Waals surface area contributed by atoms with Crippen molar-refractivity contribution in [2.75, 3.05) is 19.7 Å². The number of ether oxygens (including phenoxy) is 9. The summed E-state index contributed by atoms with van der Waals surface area (Å²) in [7, 11) is 0. The van der Waals surface area contributed by atoms with E-state index in [1.165, 1.54) is 4.90 Å². The van der Waals surface area contributed by atoms with Crippen LogP contribution in [0.1, 0.15) is 81.7 Å². The molecule has 6 atom stereocenters. The van der Waals surface area contributed by atoms with Gasteiger partial charge >= 0.3 is 18.2 Å². The minimum atomic E-state index is -1.20. The molecule has 1 N–H and O–H groups in total. The molecular weight excluding hydrogens is 656 g/mol. The van der Waals surface area contributed by atoms with Crippen LogP contribution in [0.2, 0.25) is 0 Å². The summed E-state index contributed by atoms with van der Waals surface area (Å²) in [6, 6.07) is 5.17. The lowest BCUT2D eigenvalue weighted by Crippen LogP contribution is -2.60. The number of fused-ring (bicyclic) bond motifs is 3. The van der Waals surface area contributed by atoms with E-state index < -0.39 is 90.2 Å². The Labute approximate surface area is 293 Å². The van der Waals surface area contributed by atoms with E-state index in [1.807, 2.05) is 0 Å². The van der Waals surface area contributed by atoms with E-state index in [0.717, 1.165) is 0 Å². The Hall–Kier alpha value is -3.50. The minimum absolute atomic E-state index is 0.00974. The molecule has 0 aliphatic carbocycles. The number of hydrogen-bond acceptors (Lipinski definition) is 13. The molecule has 4 rings (SSSR count). The highest BCUT2D eigenvalue weighted by Crippen LogP contribution is 2.44. The summed E-state index contributed by atoms with van der Waals surface area (Å²) in [4.78, 5) is 53.8. The van der Waals surface area contributed by atoms with E-state index in [2.05, 4.69) is 5.32 Å². The van der Waals surface area contributed by atoms with Crippen molar-refractivity contribution in [1.29, 1.82) is 0 Å². The number of nitrogens with one attached hydrogen (secondary N) is 1. The van der Waals surface area contributed by atoms with Gasteiger partial charge in [-0.15, -0.1) is 0 Å². The maximum Gasteiger partial charge on any atom is 0.514 e. The van der Waals surface area contributed by atoms with Crippen LogP contribution in [0.3, 0.4) is 0 Å². The van der Waals surface area contributed by atoms with E-state index in [9.17, 15) is 19.2 Å². The van der Waals surface area contributed by atoms with Gasteiger partial charge in [0, 0.05) is 6.42 Å². The standard InChI is InChI=1S/C35H52N2O13/c1-12-42-24(38)19-37(18-23-25-26(46-34(8,9)45-25)27-29(44-23)48-35(10,11)47-27)28(39)22(36-30(40)49-32(2,3)4)17-20-13-15-21(16-14-20)43-31(41)50-33(5,6)7/h13-16,22-23,25-27,29H,12,17-19H2,1-11H3,(H,36,40)/t22-,23+,25-,26-,27+,29+/m0/s1. The van der Waals surface area contributed by atoms with Gasteiger partial charge in [-0.1, -0.05) is 12.1 Å². The van der Waals surface area contributed by atoms with Crippen molar-refractivity contribution in [3.8, 4) is 5.75 Å². The lowest BCUT2D eigenvalue weighted by molar-refractivity contribution is -0.236. The Kier molecular flexibility index (Phi) is 11.8. The number of carbonyl (C=O) groups is 4. The number of esters is 1. The lowest BCUT2D eigenvalue weighted by Gasteiger charge is -2.39. The number of hydrogen-bond donors (Lipinski definition) is 1. The Balaban J connectivity index is 1.60. The summed E-state index contributed by atoms with van der Waals surface area (Å²) in [5.74, 6) is -2.99. The molecule has 3 aliphatic rings. The normalized spacial score (nSPS) is 25.8. The first kappa shape index (κ1) is 39.3. The average Bonchev–Trinajstić information content (AvgIpc) is 3.44. The van der Waals surface area contributed by atoms with Gasteiger partial charge in [0.05, 0.1) is 13.2 Å². The van der Waals surface area contributed by atoms with E-state index >= 15 is 0 Å². The molecule has 0 spiro atoms. The summed E-state index contributed by atoms with van der Waals surface area (Å²) < 4.78 is 52.1. The monoisotopic (exact) mass is 708 g/mol. The highest BCUT2D eigenvalue weighted by atomic mass is 16.9. The quantitative estimate of drug-likeness (QED) is 0.209. The molecule has 0 unspecified atom stereocenters. The van der Waals surface area contributed by atoms with Crippen LogP contribution < -0.4 is 10.1 Å². The molecule has 0 aromatic heterocycles. The summed E-state index contributed by atoms with van der Waals surface area (Å²) in [6.45, 7) is 18.5. The SMILES string of the molecule is CCOC(=O)CN(C[C@H]1O[C@@H]2OC(C)(C)O[C@@H]2[C@H]2OC(C)(C)O[C@H]21)C(=O)[C@H](Cc1ccc(OC(=O)OC(C)(C)C)cc1)NC(=O)OC(C)(C)C. The van der Waals surface area contributed by atoms with Gasteiger partial charge in [0.1, 0.15) is 54.0 Å². The van der Waals surface area contributed by atoms with Crippen molar-refractivity contribution in [3.05, 3.63) is 29.8 Å². The van der Waals surface area contributed by atoms with Crippen LogP contribution in [0.4, 0.5) is 9.59 Å². The first-order valence-electron chi connectivity index (χ1n) is 16.8. The smallest absolute Gasteiger partial charge is 0.465 e. The summed E-state index contributed by atoms with van der Waals surface area (Å²) in [5.41, 5.74) is -0.981. The number of carbonyl (C=O) groups excluding carboxylic acids is 4. The number of alkyl carbamates (subject to hydrolysis) is 1. The van der Waals surface area contributed by atoms with Crippen LogP contribution >= 0.6 is 0 Å². The second-order valence-electron chi connectivity index (χ2n) is 15.3. The Morgan fingerprint density at radius 2 is 1.42 bits per heavy atom. The number of rotatable bonds is 10. The fourth-order valence-electron chi connectivity index (χ4n) is 5.82. The van der Waals surface area contributed by atoms with E-state index in [4.69, 9.17) is 42.6 Å². The van der Waals surface area contributed by atoms with Crippen LogP contribution in [0.25, 0.3) is 0 Å². The molecule has 1 aromatic carbocycles. The molecule has 1 aromatic rings. The molecule has 3 saturated heterocycles. The third kappa shape index (κ3) is 11.0. The lowest BCUT2D eigenvalue weighted by atomic mass is 9.98. The Bertz CT molecular complexity index is 1380. The fourth-order valence-corrected chi connectivity index (χ4v) is 5.82. The van der Waals surface area contributed by atoms with Crippen molar-refractivity contribution >= 4 is 24.1 Å². The molecule has 2 amide bonds. The van der Waals surface area contributed by atoms with Gasteiger partial charge in [-0.05, 0) is 93.9 Å². The van der Waals surface area contributed by atoms with Gasteiger partial charge in [-0.3, -0.25) is 9.59 Å². The molecule has 0 saturated carbocycles. The van der Waals surface area contributed by atoms with Crippen LogP contribution in [-0.2, 0) is 53.9 Å². The molecule has 3 heterocycles. The topological polar surface area (TPSA) is 167 Å². The van der Waals surface area contributed by atoms with Gasteiger partial charge in [0.15, 0.2) is 17.9 Å². The predicted octanol–water partition coefficient (Wildman–Crippen LogP) is 4.22. The van der Waals surface area contributed by atoms with E-state index in [-0.39, 0.29) is 25.3 Å². The molecule has 15 nitrogen and oxygen atoms in total. The molecule has 3 fully saturated rings. The maximum absolute atomic E-state index is 14.4. The second kappa shape index (κ2) is 15.0. The molecular formula is C35H52N2O13. The third-order valence-electron chi connectivity index (χ3n) is 7.53. The third-order valence-corrected chi connectivity index (χ3v) is 7.53. The predicted molar refractivity (Wildman–Crippen MR) is 176 cm³/mol. The van der Waals surface area contributed by atoms with E-state index in [0.29, 0.717) is 5.56 Å². The maximum atomic E-state index is 14.4. The zero-order valence-corrected chi connectivity index (χ0v) is 30.9. The van der Waals surface area contributed by atoms with Crippen LogP contribution in [0.5, 0.6) is 5.75 Å². The molecule has 0 bridgehead atoms. The summed E-state index contributed by atoms with van der Waals surface area (Å²) in [5, 5.41) is 2.67. The van der Waals surface area contributed by atoms with Crippen molar-refractivity contribution < 1.29 is 61.8 Å². The van der Waals surface area contributed by atoms with E-state index in [1.54, 1.807) is 100 Å². The first-order chi connectivity index (χ1) is 23.0. The first-order valence-corrected chi connectivity index (χ1v) is 16.8. The fraction of sp³-hybridized carbons (Fsp3) is 0.714. The van der Waals surface area contributed by atoms with Crippen LogP contribution in [-0.4, -0.2) is 108 Å². The van der Waals surface area contributed by atoms with Gasteiger partial charge in [0.25, 0.3) is 0 Å². The van der Waals surface area contributed by atoms with Gasteiger partial charge in [-0.2, -0.15) is 0 Å². The number of nitrogens with zero attached hydrogens (tertiary/aromatic N) is 1. The number of amides is 2. The van der Waals surface area contributed by atoms with Gasteiger partial charge < -0.3 is 52.8 Å². The minimum Gasteiger partial charge on any atom is -0.465 e. The van der Waals surface area contributed by atoms with Crippen molar-refractivity contribution in [2.45, 2.75) is 142 Å². The molecule has 15 heteroatoms. The van der Waals surface area contributed by atoms with Gasteiger partial charge in [-0.25, -0.2) is 9.59 Å². The van der Waals surface area contributed by atoms with Crippen LogP contribution in [0, 0.1) is 0 Å². The second-order valence-corrected chi connectivity index (χ2v) is 15.3. The molecule has 3 aliphatic heterocycles. The zero-order valence-electron chi connectivity index (χ0n) is 30.9. The molecule has 280 valence electrons. The Morgan fingerprint density at radius 1 is 0.840 bits per heavy atom. The average molecular weight is 709 g/mol. The largest absolute Gasteiger partial charge is 0.514 e. The Morgan fingerprint density at radius 3 is 2.02 bits per heavy atom. The van der Waals surface area contributed by atoms with Crippen molar-refractivity contribution in [3.63, 3.8) is 0 Å². The highest BCUT2D eigenvalue weighted by Gasteiger charge is 2.61. The highest BCUT2D eigenvalue weighted by molar-refractivity contribution is 5.88. The molecule has 0 radical (unpaired) electrons.